The third-order valence-electron chi connectivity index (χ3n) is 5.88. The highest BCUT2D eigenvalue weighted by molar-refractivity contribution is 7.90. The fourth-order valence-corrected chi connectivity index (χ4v) is 4.44. The molecule has 1 atom stereocenters. The number of hydrogen-bond acceptors (Lipinski definition) is 6. The zero-order valence-electron chi connectivity index (χ0n) is 20.9. The van der Waals surface area contributed by atoms with Crippen molar-refractivity contribution in [2.75, 3.05) is 43.9 Å². The average Bonchev–Trinajstić information content (AvgIpc) is 2.80. The van der Waals surface area contributed by atoms with Gasteiger partial charge in [-0.05, 0) is 41.3 Å². The van der Waals surface area contributed by atoms with Crippen LogP contribution < -0.4 is 9.64 Å². The lowest BCUT2D eigenvalue weighted by molar-refractivity contribution is -0.108. The number of aldehydes is 1. The first-order chi connectivity index (χ1) is 16.3. The van der Waals surface area contributed by atoms with Crippen LogP contribution in [0.4, 0.5) is 10.1 Å². The Morgan fingerprint density at radius 2 is 1.77 bits per heavy atom. The van der Waals surface area contributed by atoms with Crippen LogP contribution in [0.15, 0.2) is 41.3 Å². The van der Waals surface area contributed by atoms with Gasteiger partial charge in [-0.3, -0.25) is 4.79 Å². The normalized spacial score (nSPS) is 15.6. The standard InChI is InChI=1S/C26H33FN2O5S/c1-18(16-30)19-6-8-23(22(27)14-19)28-10-12-29(13-11-28)25(31)21-15-20(35(5,32)33)7-9-24(21)34-17-26(2,3)4/h6-9,14-16,18H,10-13,17H2,1-5H3. The van der Waals surface area contributed by atoms with E-state index in [1.54, 1.807) is 24.0 Å². The van der Waals surface area contributed by atoms with E-state index in [4.69, 9.17) is 4.74 Å². The quantitative estimate of drug-likeness (QED) is 0.532. The minimum atomic E-state index is -3.51. The highest BCUT2D eigenvalue weighted by Gasteiger charge is 2.27. The van der Waals surface area contributed by atoms with E-state index in [2.05, 4.69) is 0 Å². The van der Waals surface area contributed by atoms with Gasteiger partial charge in [0.25, 0.3) is 5.91 Å². The lowest BCUT2D eigenvalue weighted by Gasteiger charge is -2.36. The molecule has 190 valence electrons. The van der Waals surface area contributed by atoms with E-state index in [1.807, 2.05) is 25.7 Å². The molecule has 35 heavy (non-hydrogen) atoms. The van der Waals surface area contributed by atoms with Crippen molar-refractivity contribution in [3.8, 4) is 5.75 Å². The fourth-order valence-electron chi connectivity index (χ4n) is 3.79. The number of ether oxygens (including phenoxy) is 1. The smallest absolute Gasteiger partial charge is 0.257 e. The molecule has 0 aliphatic carbocycles. The van der Waals surface area contributed by atoms with Gasteiger partial charge >= 0.3 is 0 Å². The molecule has 2 aromatic rings. The summed E-state index contributed by atoms with van der Waals surface area (Å²) in [4.78, 5) is 27.9. The molecule has 1 aliphatic heterocycles. The number of carbonyl (C=O) groups excluding carboxylic acids is 2. The number of nitrogens with zero attached hydrogens (tertiary/aromatic N) is 2. The van der Waals surface area contributed by atoms with Gasteiger partial charge in [-0.15, -0.1) is 0 Å². The Labute approximate surface area is 206 Å². The van der Waals surface area contributed by atoms with E-state index >= 15 is 0 Å². The Balaban J connectivity index is 1.79. The van der Waals surface area contributed by atoms with Crippen molar-refractivity contribution in [2.45, 2.75) is 38.5 Å². The van der Waals surface area contributed by atoms with Crippen LogP contribution in [-0.4, -0.2) is 64.6 Å². The zero-order chi connectivity index (χ0) is 26.0. The minimum Gasteiger partial charge on any atom is -0.492 e. The molecule has 7 nitrogen and oxygen atoms in total. The van der Waals surface area contributed by atoms with Gasteiger partial charge in [0.05, 0.1) is 22.8 Å². The van der Waals surface area contributed by atoms with Crippen molar-refractivity contribution in [3.63, 3.8) is 0 Å². The van der Waals surface area contributed by atoms with E-state index < -0.39 is 15.7 Å². The third kappa shape index (κ3) is 6.60. The van der Waals surface area contributed by atoms with E-state index in [0.717, 1.165) is 12.5 Å². The Morgan fingerprint density at radius 1 is 1.11 bits per heavy atom. The van der Waals surface area contributed by atoms with E-state index in [0.29, 0.717) is 49.8 Å². The molecule has 3 rings (SSSR count). The number of anilines is 1. The second kappa shape index (κ2) is 10.4. The number of piperazine rings is 1. The first-order valence-corrected chi connectivity index (χ1v) is 13.4. The topological polar surface area (TPSA) is 84.0 Å². The second-order valence-electron chi connectivity index (χ2n) is 10.2. The Kier molecular flexibility index (Phi) is 7.89. The van der Waals surface area contributed by atoms with Crippen LogP contribution in [0.25, 0.3) is 0 Å². The summed E-state index contributed by atoms with van der Waals surface area (Å²) < 4.78 is 44.8. The van der Waals surface area contributed by atoms with Crippen molar-refractivity contribution in [1.29, 1.82) is 0 Å². The van der Waals surface area contributed by atoms with Gasteiger partial charge < -0.3 is 19.3 Å². The molecule has 1 saturated heterocycles. The lowest BCUT2D eigenvalue weighted by Crippen LogP contribution is -2.49. The van der Waals surface area contributed by atoms with Gasteiger partial charge in [0.15, 0.2) is 9.84 Å². The molecule has 1 fully saturated rings. The first kappa shape index (κ1) is 26.7. The zero-order valence-corrected chi connectivity index (χ0v) is 21.7. The number of amides is 1. The molecule has 0 aromatic heterocycles. The molecule has 0 radical (unpaired) electrons. The second-order valence-corrected chi connectivity index (χ2v) is 12.2. The van der Waals surface area contributed by atoms with Gasteiger partial charge in [0.2, 0.25) is 0 Å². The van der Waals surface area contributed by atoms with Crippen LogP contribution in [0.3, 0.4) is 0 Å². The summed E-state index contributed by atoms with van der Waals surface area (Å²) in [6.07, 6.45) is 1.87. The van der Waals surface area contributed by atoms with E-state index in [1.165, 1.54) is 24.3 Å². The molecule has 1 unspecified atom stereocenters. The third-order valence-corrected chi connectivity index (χ3v) is 6.99. The maximum Gasteiger partial charge on any atom is 0.257 e. The first-order valence-electron chi connectivity index (χ1n) is 11.6. The number of carbonyl (C=O) groups is 2. The Bertz CT molecular complexity index is 1200. The molecule has 1 aliphatic rings. The van der Waals surface area contributed by atoms with Crippen LogP contribution in [0.5, 0.6) is 5.75 Å². The summed E-state index contributed by atoms with van der Waals surface area (Å²) in [6.45, 7) is 9.59. The lowest BCUT2D eigenvalue weighted by atomic mass is 9.98. The molecule has 0 saturated carbocycles. The summed E-state index contributed by atoms with van der Waals surface area (Å²) in [6, 6.07) is 9.12. The maximum absolute atomic E-state index is 14.7. The number of halogens is 1. The Hall–Kier alpha value is -2.94. The van der Waals surface area contributed by atoms with E-state index in [9.17, 15) is 22.4 Å². The number of rotatable bonds is 7. The average molecular weight is 505 g/mol. The van der Waals surface area contributed by atoms with Crippen LogP contribution in [0.2, 0.25) is 0 Å². The van der Waals surface area contributed by atoms with Gasteiger partial charge in [-0.2, -0.15) is 0 Å². The molecule has 0 spiro atoms. The van der Waals surface area contributed by atoms with Gasteiger partial charge in [0.1, 0.15) is 17.9 Å². The number of hydrogen-bond donors (Lipinski definition) is 0. The summed E-state index contributed by atoms with van der Waals surface area (Å²) in [5, 5.41) is 0. The van der Waals surface area contributed by atoms with Crippen molar-refractivity contribution in [3.05, 3.63) is 53.3 Å². The molecule has 2 aromatic carbocycles. The monoisotopic (exact) mass is 504 g/mol. The number of sulfone groups is 1. The molecule has 1 amide bonds. The molecule has 9 heteroatoms. The van der Waals surface area contributed by atoms with Crippen LogP contribution in [0, 0.1) is 11.2 Å². The SMILES string of the molecule is CC(C=O)c1ccc(N2CCN(C(=O)c3cc(S(C)(=O)=O)ccc3OCC(C)(C)C)CC2)c(F)c1. The van der Waals surface area contributed by atoms with E-state index in [-0.39, 0.29) is 27.7 Å². The number of benzene rings is 2. The van der Waals surface area contributed by atoms with Crippen LogP contribution >= 0.6 is 0 Å². The van der Waals surface area contributed by atoms with Gasteiger partial charge in [0, 0.05) is 38.4 Å². The molecule has 0 bridgehead atoms. The van der Waals surface area contributed by atoms with Crippen LogP contribution in [-0.2, 0) is 14.6 Å². The summed E-state index contributed by atoms with van der Waals surface area (Å²) >= 11 is 0. The van der Waals surface area contributed by atoms with Crippen molar-refractivity contribution in [1.82, 2.24) is 4.90 Å². The van der Waals surface area contributed by atoms with Crippen molar-refractivity contribution < 1.29 is 27.1 Å². The predicted molar refractivity (Wildman–Crippen MR) is 133 cm³/mol. The summed E-state index contributed by atoms with van der Waals surface area (Å²) in [5.41, 5.74) is 1.09. The highest BCUT2D eigenvalue weighted by atomic mass is 32.2. The highest BCUT2D eigenvalue weighted by Crippen LogP contribution is 2.28. The predicted octanol–water partition coefficient (Wildman–Crippen LogP) is 3.92. The minimum absolute atomic E-state index is 0.0503. The summed E-state index contributed by atoms with van der Waals surface area (Å²) in [7, 11) is -3.51. The largest absolute Gasteiger partial charge is 0.492 e. The molecule has 0 N–H and O–H groups in total. The van der Waals surface area contributed by atoms with Gasteiger partial charge in [-0.25, -0.2) is 12.8 Å². The summed E-state index contributed by atoms with van der Waals surface area (Å²) in [5.74, 6) is -0.777. The van der Waals surface area contributed by atoms with Crippen molar-refractivity contribution in [2.24, 2.45) is 5.41 Å². The van der Waals surface area contributed by atoms with Crippen LogP contribution in [0.1, 0.15) is 49.5 Å². The fraction of sp³-hybridized carbons (Fsp3) is 0.462. The van der Waals surface area contributed by atoms with Gasteiger partial charge in [-0.1, -0.05) is 33.8 Å². The molecular formula is C26H33FN2O5S. The Morgan fingerprint density at radius 3 is 2.31 bits per heavy atom. The van der Waals surface area contributed by atoms with Crippen molar-refractivity contribution >= 4 is 27.7 Å². The molecular weight excluding hydrogens is 471 g/mol. The maximum atomic E-state index is 14.7. The molecule has 1 heterocycles.